The smallest absolute Gasteiger partial charge is 0.410 e. The first-order valence-electron chi connectivity index (χ1n) is 8.70. The van der Waals surface area contributed by atoms with Crippen molar-refractivity contribution in [1.29, 1.82) is 0 Å². The first-order chi connectivity index (χ1) is 12.1. The van der Waals surface area contributed by atoms with Crippen LogP contribution >= 0.6 is 15.9 Å². The highest BCUT2D eigenvalue weighted by Gasteiger charge is 2.36. The van der Waals surface area contributed by atoms with Crippen molar-refractivity contribution in [3.63, 3.8) is 0 Å². The molecule has 144 valence electrons. The van der Waals surface area contributed by atoms with Gasteiger partial charge < -0.3 is 19.7 Å². The number of amides is 2. The number of nitrogens with zero attached hydrogens (tertiary/aromatic N) is 1. The van der Waals surface area contributed by atoms with Crippen LogP contribution in [0.2, 0.25) is 0 Å². The molecule has 1 fully saturated rings. The lowest BCUT2D eigenvalue weighted by molar-refractivity contribution is -0.125. The molecule has 0 radical (unpaired) electrons. The van der Waals surface area contributed by atoms with E-state index >= 15 is 0 Å². The summed E-state index contributed by atoms with van der Waals surface area (Å²) >= 11 is 3.49. The molecule has 7 heteroatoms. The van der Waals surface area contributed by atoms with Gasteiger partial charge in [0.15, 0.2) is 0 Å². The van der Waals surface area contributed by atoms with Gasteiger partial charge in [0.1, 0.15) is 12.1 Å². The standard InChI is InChI=1S/C19H27BrN2O4/c1-18(2,3)26-17(24)22(4)13-16(23)21-19(8-10-25-11-9-19)14-6-5-7-15(20)12-14/h5-7,12H,8-11,13H2,1-4H3,(H,21,23). The number of hydrogen-bond acceptors (Lipinski definition) is 4. The monoisotopic (exact) mass is 426 g/mol. The zero-order valence-electron chi connectivity index (χ0n) is 15.8. The molecule has 2 rings (SSSR count). The first-order valence-corrected chi connectivity index (χ1v) is 9.49. The summed E-state index contributed by atoms with van der Waals surface area (Å²) in [5.74, 6) is -0.222. The van der Waals surface area contributed by atoms with E-state index in [-0.39, 0.29) is 12.5 Å². The lowest BCUT2D eigenvalue weighted by atomic mass is 9.82. The molecule has 1 aliphatic rings. The van der Waals surface area contributed by atoms with Gasteiger partial charge in [0, 0.05) is 24.7 Å². The average Bonchev–Trinajstić information content (AvgIpc) is 2.54. The molecule has 1 aliphatic heterocycles. The molecule has 2 amide bonds. The lowest BCUT2D eigenvalue weighted by Crippen LogP contribution is -2.52. The summed E-state index contributed by atoms with van der Waals surface area (Å²) in [7, 11) is 1.56. The van der Waals surface area contributed by atoms with Crippen molar-refractivity contribution in [1.82, 2.24) is 10.2 Å². The SMILES string of the molecule is CN(CC(=O)NC1(c2cccc(Br)c2)CCOCC1)C(=O)OC(C)(C)C. The third kappa shape index (κ3) is 5.71. The quantitative estimate of drug-likeness (QED) is 0.800. The number of hydrogen-bond donors (Lipinski definition) is 1. The number of halogens is 1. The molecule has 0 atom stereocenters. The van der Waals surface area contributed by atoms with E-state index < -0.39 is 17.2 Å². The van der Waals surface area contributed by atoms with E-state index in [0.717, 1.165) is 10.0 Å². The van der Waals surface area contributed by atoms with Gasteiger partial charge in [0.2, 0.25) is 5.91 Å². The van der Waals surface area contributed by atoms with Crippen molar-refractivity contribution in [2.24, 2.45) is 0 Å². The third-order valence-electron chi connectivity index (χ3n) is 4.19. The second-order valence-corrected chi connectivity index (χ2v) is 8.51. The zero-order chi connectivity index (χ0) is 19.4. The molecule has 26 heavy (non-hydrogen) atoms. The van der Waals surface area contributed by atoms with Crippen LogP contribution in [0.4, 0.5) is 4.79 Å². The van der Waals surface area contributed by atoms with Crippen LogP contribution in [0.1, 0.15) is 39.2 Å². The molecule has 1 N–H and O–H groups in total. The largest absolute Gasteiger partial charge is 0.444 e. The van der Waals surface area contributed by atoms with Gasteiger partial charge in [-0.25, -0.2) is 4.79 Å². The minimum absolute atomic E-state index is 0.0640. The number of carbonyl (C=O) groups excluding carboxylic acids is 2. The van der Waals surface area contributed by atoms with Crippen LogP contribution in [-0.4, -0.2) is 49.3 Å². The Morgan fingerprint density at radius 3 is 2.54 bits per heavy atom. The Balaban J connectivity index is 2.09. The van der Waals surface area contributed by atoms with Crippen molar-refractivity contribution in [2.45, 2.75) is 44.8 Å². The summed E-state index contributed by atoms with van der Waals surface area (Å²) in [5, 5.41) is 3.14. The summed E-state index contributed by atoms with van der Waals surface area (Å²) in [6.45, 7) is 6.48. The van der Waals surface area contributed by atoms with E-state index in [4.69, 9.17) is 9.47 Å². The number of carbonyl (C=O) groups is 2. The average molecular weight is 427 g/mol. The topological polar surface area (TPSA) is 67.9 Å². The first kappa shape index (κ1) is 20.7. The lowest BCUT2D eigenvalue weighted by Gasteiger charge is -2.39. The Hall–Kier alpha value is -1.60. The van der Waals surface area contributed by atoms with Crippen LogP contribution in [0, 0.1) is 0 Å². The van der Waals surface area contributed by atoms with Crippen LogP contribution in [0.5, 0.6) is 0 Å². The maximum Gasteiger partial charge on any atom is 0.410 e. The second kappa shape index (κ2) is 8.39. The molecule has 1 saturated heterocycles. The predicted molar refractivity (Wildman–Crippen MR) is 103 cm³/mol. The maximum absolute atomic E-state index is 12.6. The van der Waals surface area contributed by atoms with Crippen LogP contribution in [0.25, 0.3) is 0 Å². The van der Waals surface area contributed by atoms with Crippen LogP contribution in [0.3, 0.4) is 0 Å². The fourth-order valence-corrected chi connectivity index (χ4v) is 3.32. The second-order valence-electron chi connectivity index (χ2n) is 7.59. The summed E-state index contributed by atoms with van der Waals surface area (Å²) in [5.41, 5.74) is -0.0584. The third-order valence-corrected chi connectivity index (χ3v) is 4.68. The summed E-state index contributed by atoms with van der Waals surface area (Å²) in [6.07, 6.45) is 0.854. The highest BCUT2D eigenvalue weighted by atomic mass is 79.9. The van der Waals surface area contributed by atoms with E-state index in [1.807, 2.05) is 24.3 Å². The molecule has 0 unspecified atom stereocenters. The molecule has 1 aromatic rings. The zero-order valence-corrected chi connectivity index (χ0v) is 17.4. The van der Waals surface area contributed by atoms with E-state index in [2.05, 4.69) is 21.2 Å². The minimum Gasteiger partial charge on any atom is -0.444 e. The summed E-state index contributed by atoms with van der Waals surface area (Å²) in [4.78, 5) is 26.0. The number of nitrogens with one attached hydrogen (secondary N) is 1. The van der Waals surface area contributed by atoms with Gasteiger partial charge in [0.25, 0.3) is 0 Å². The van der Waals surface area contributed by atoms with Crippen LogP contribution in [-0.2, 0) is 19.8 Å². The Kier molecular flexibility index (Phi) is 6.69. The Bertz CT molecular complexity index is 651. The molecule has 1 heterocycles. The molecule has 6 nitrogen and oxygen atoms in total. The van der Waals surface area contributed by atoms with Crippen molar-refractivity contribution in [3.8, 4) is 0 Å². The normalized spacial score (nSPS) is 16.7. The van der Waals surface area contributed by atoms with Gasteiger partial charge in [-0.05, 0) is 51.3 Å². The van der Waals surface area contributed by atoms with Gasteiger partial charge in [-0.1, -0.05) is 28.1 Å². The number of benzene rings is 1. The summed E-state index contributed by atoms with van der Waals surface area (Å²) in [6, 6.07) is 7.93. The molecule has 1 aromatic carbocycles. The minimum atomic E-state index is -0.597. The maximum atomic E-state index is 12.6. The van der Waals surface area contributed by atoms with Gasteiger partial charge in [-0.3, -0.25) is 4.79 Å². The van der Waals surface area contributed by atoms with Crippen molar-refractivity contribution >= 4 is 27.9 Å². The molecule has 0 spiro atoms. The number of ether oxygens (including phenoxy) is 2. The van der Waals surface area contributed by atoms with Gasteiger partial charge in [0.05, 0.1) is 5.54 Å². The van der Waals surface area contributed by atoms with E-state index in [1.54, 1.807) is 27.8 Å². The molecular weight excluding hydrogens is 400 g/mol. The van der Waals surface area contributed by atoms with Gasteiger partial charge in [-0.15, -0.1) is 0 Å². The summed E-state index contributed by atoms with van der Waals surface area (Å²) < 4.78 is 11.7. The van der Waals surface area contributed by atoms with E-state index in [0.29, 0.717) is 26.1 Å². The molecule has 0 aromatic heterocycles. The van der Waals surface area contributed by atoms with E-state index in [9.17, 15) is 9.59 Å². The van der Waals surface area contributed by atoms with Gasteiger partial charge >= 0.3 is 6.09 Å². The number of likely N-dealkylation sites (N-methyl/N-ethyl adjacent to an activating group) is 1. The van der Waals surface area contributed by atoms with Crippen molar-refractivity contribution in [3.05, 3.63) is 34.3 Å². The van der Waals surface area contributed by atoms with Crippen LogP contribution < -0.4 is 5.32 Å². The molecular formula is C19H27BrN2O4. The fraction of sp³-hybridized carbons (Fsp3) is 0.579. The Morgan fingerprint density at radius 2 is 1.96 bits per heavy atom. The Labute approximate surface area is 163 Å². The predicted octanol–water partition coefficient (Wildman–Crippen LogP) is 3.44. The molecule has 0 saturated carbocycles. The molecule has 0 bridgehead atoms. The fourth-order valence-electron chi connectivity index (χ4n) is 2.92. The Morgan fingerprint density at radius 1 is 1.31 bits per heavy atom. The van der Waals surface area contributed by atoms with Crippen molar-refractivity contribution < 1.29 is 19.1 Å². The molecule has 0 aliphatic carbocycles. The van der Waals surface area contributed by atoms with Crippen molar-refractivity contribution in [2.75, 3.05) is 26.8 Å². The van der Waals surface area contributed by atoms with Gasteiger partial charge in [-0.2, -0.15) is 0 Å². The van der Waals surface area contributed by atoms with E-state index in [1.165, 1.54) is 4.90 Å². The highest BCUT2D eigenvalue weighted by Crippen LogP contribution is 2.33. The highest BCUT2D eigenvalue weighted by molar-refractivity contribution is 9.10. The van der Waals surface area contributed by atoms with Crippen LogP contribution in [0.15, 0.2) is 28.7 Å². The number of rotatable bonds is 4.